The monoisotopic (exact) mass is 578 g/mol. The molecule has 0 radical (unpaired) electrons. The lowest BCUT2D eigenvalue weighted by molar-refractivity contribution is 0.0955. The highest BCUT2D eigenvalue weighted by Gasteiger charge is 2.09. The van der Waals surface area contributed by atoms with E-state index in [9.17, 15) is 4.79 Å². The fourth-order valence-electron chi connectivity index (χ4n) is 3.40. The van der Waals surface area contributed by atoms with Crippen LogP contribution in [0.3, 0.4) is 0 Å². The van der Waals surface area contributed by atoms with E-state index in [-0.39, 0.29) is 12.5 Å². The number of hydrogen-bond acceptors (Lipinski definition) is 5. The number of hydrazone groups is 1. The van der Waals surface area contributed by atoms with E-state index in [4.69, 9.17) is 25.8 Å². The topological polar surface area (TPSA) is 69.2 Å². The second-order valence-electron chi connectivity index (χ2n) is 7.94. The summed E-state index contributed by atoms with van der Waals surface area (Å²) in [5.41, 5.74) is 5.60. The number of nitrogens with zero attached hydrogens (tertiary/aromatic N) is 1. The zero-order valence-corrected chi connectivity index (χ0v) is 22.3. The molecule has 0 saturated carbocycles. The van der Waals surface area contributed by atoms with Crippen molar-refractivity contribution in [1.29, 1.82) is 0 Å². The molecule has 0 bridgehead atoms. The molecule has 4 aromatic carbocycles. The molecule has 0 aliphatic carbocycles. The number of methoxy groups -OCH3 is 1. The summed E-state index contributed by atoms with van der Waals surface area (Å²) in [5.74, 6) is 1.51. The summed E-state index contributed by atoms with van der Waals surface area (Å²) < 4.78 is 18.4. The minimum Gasteiger partial charge on any atom is -0.493 e. The molecule has 6 nitrogen and oxygen atoms in total. The van der Waals surface area contributed by atoms with Crippen LogP contribution in [-0.4, -0.2) is 19.2 Å². The molecule has 0 atom stereocenters. The van der Waals surface area contributed by atoms with Gasteiger partial charge in [0.1, 0.15) is 19.0 Å². The van der Waals surface area contributed by atoms with E-state index in [0.29, 0.717) is 40.0 Å². The zero-order valence-electron chi connectivity index (χ0n) is 20.0. The van der Waals surface area contributed by atoms with Gasteiger partial charge in [0.05, 0.1) is 13.3 Å². The summed E-state index contributed by atoms with van der Waals surface area (Å²) in [5, 5.41) is 4.59. The lowest BCUT2D eigenvalue weighted by Crippen LogP contribution is -2.17. The minimum absolute atomic E-state index is 0.281. The van der Waals surface area contributed by atoms with Gasteiger partial charge in [-0.15, -0.1) is 0 Å². The SMILES string of the molecule is COc1cc(COc2ccc(Cl)cc2/C=N/NC(=O)c2ccc(Br)cc2)ccc1OCc1ccccc1. The molecule has 0 saturated heterocycles. The maximum atomic E-state index is 12.3. The molecule has 0 spiro atoms. The number of rotatable bonds is 10. The van der Waals surface area contributed by atoms with Crippen molar-refractivity contribution in [3.63, 3.8) is 0 Å². The van der Waals surface area contributed by atoms with Crippen LogP contribution < -0.4 is 19.6 Å². The van der Waals surface area contributed by atoms with E-state index in [2.05, 4.69) is 26.5 Å². The van der Waals surface area contributed by atoms with Gasteiger partial charge in [0.15, 0.2) is 11.5 Å². The van der Waals surface area contributed by atoms with Gasteiger partial charge in [0, 0.05) is 20.6 Å². The van der Waals surface area contributed by atoms with Gasteiger partial charge in [0.25, 0.3) is 5.91 Å². The summed E-state index contributed by atoms with van der Waals surface area (Å²) in [7, 11) is 1.60. The molecule has 8 heteroatoms. The largest absolute Gasteiger partial charge is 0.493 e. The van der Waals surface area contributed by atoms with Crippen LogP contribution in [0.4, 0.5) is 0 Å². The van der Waals surface area contributed by atoms with E-state index in [1.807, 2.05) is 48.5 Å². The van der Waals surface area contributed by atoms with Gasteiger partial charge in [-0.05, 0) is 65.7 Å². The number of nitrogens with one attached hydrogen (secondary N) is 1. The standard InChI is InChI=1S/C29H24BrClN2O4/c1-35-28-15-21(7-13-27(28)37-18-20-5-3-2-4-6-20)19-36-26-14-12-25(31)16-23(26)17-32-33-29(34)22-8-10-24(30)11-9-22/h2-17H,18-19H2,1H3,(H,33,34)/b32-17+. The average Bonchev–Trinajstić information content (AvgIpc) is 2.92. The van der Waals surface area contributed by atoms with Crippen molar-refractivity contribution in [2.75, 3.05) is 7.11 Å². The highest BCUT2D eigenvalue weighted by molar-refractivity contribution is 9.10. The molecule has 4 aromatic rings. The highest BCUT2D eigenvalue weighted by atomic mass is 79.9. The Kier molecular flexibility index (Phi) is 9.18. The zero-order chi connectivity index (χ0) is 26.0. The Labute approximate surface area is 229 Å². The third kappa shape index (κ3) is 7.59. The smallest absolute Gasteiger partial charge is 0.271 e. The molecule has 0 aromatic heterocycles. The first-order valence-corrected chi connectivity index (χ1v) is 12.5. The number of ether oxygens (including phenoxy) is 3. The molecular weight excluding hydrogens is 556 g/mol. The molecule has 0 fully saturated rings. The maximum absolute atomic E-state index is 12.3. The minimum atomic E-state index is -0.324. The molecule has 0 heterocycles. The Morgan fingerprint density at radius 1 is 0.865 bits per heavy atom. The summed E-state index contributed by atoms with van der Waals surface area (Å²) in [4.78, 5) is 12.3. The molecule has 0 aliphatic rings. The third-order valence-electron chi connectivity index (χ3n) is 5.31. The van der Waals surface area contributed by atoms with E-state index >= 15 is 0 Å². The molecule has 0 aliphatic heterocycles. The summed E-state index contributed by atoms with van der Waals surface area (Å²) >= 11 is 9.53. The van der Waals surface area contributed by atoms with Crippen molar-refractivity contribution in [1.82, 2.24) is 5.43 Å². The number of amides is 1. The van der Waals surface area contributed by atoms with E-state index in [0.717, 1.165) is 15.6 Å². The van der Waals surface area contributed by atoms with Crippen molar-refractivity contribution in [2.45, 2.75) is 13.2 Å². The van der Waals surface area contributed by atoms with E-state index < -0.39 is 0 Å². The van der Waals surface area contributed by atoms with Crippen LogP contribution in [0.2, 0.25) is 5.02 Å². The maximum Gasteiger partial charge on any atom is 0.271 e. The van der Waals surface area contributed by atoms with Crippen LogP contribution in [0, 0.1) is 0 Å². The second-order valence-corrected chi connectivity index (χ2v) is 9.29. The van der Waals surface area contributed by atoms with Gasteiger partial charge < -0.3 is 14.2 Å². The number of halogens is 2. The number of benzene rings is 4. The van der Waals surface area contributed by atoms with Gasteiger partial charge in [-0.2, -0.15) is 5.10 Å². The summed E-state index contributed by atoms with van der Waals surface area (Å²) in [6.07, 6.45) is 1.50. The van der Waals surface area contributed by atoms with Crippen LogP contribution in [-0.2, 0) is 13.2 Å². The first-order valence-electron chi connectivity index (χ1n) is 11.4. The first-order chi connectivity index (χ1) is 18.0. The second kappa shape index (κ2) is 12.9. The van der Waals surface area contributed by atoms with Crippen LogP contribution in [0.15, 0.2) is 101 Å². The molecule has 1 amide bonds. The van der Waals surface area contributed by atoms with Gasteiger partial charge in [0.2, 0.25) is 0 Å². The quantitative estimate of drug-likeness (QED) is 0.162. The Morgan fingerprint density at radius 2 is 1.57 bits per heavy atom. The predicted molar refractivity (Wildman–Crippen MR) is 149 cm³/mol. The summed E-state index contributed by atoms with van der Waals surface area (Å²) in [6.45, 7) is 0.724. The van der Waals surface area contributed by atoms with Crippen molar-refractivity contribution < 1.29 is 19.0 Å². The average molecular weight is 580 g/mol. The molecule has 188 valence electrons. The van der Waals surface area contributed by atoms with Crippen molar-refractivity contribution >= 4 is 39.7 Å². The van der Waals surface area contributed by atoms with Crippen LogP contribution >= 0.6 is 27.5 Å². The van der Waals surface area contributed by atoms with Crippen LogP contribution in [0.5, 0.6) is 17.2 Å². The van der Waals surface area contributed by atoms with Gasteiger partial charge in [-0.3, -0.25) is 4.79 Å². The highest BCUT2D eigenvalue weighted by Crippen LogP contribution is 2.30. The number of carbonyl (C=O) groups excluding carboxylic acids is 1. The molecule has 37 heavy (non-hydrogen) atoms. The fourth-order valence-corrected chi connectivity index (χ4v) is 3.84. The van der Waals surface area contributed by atoms with Crippen LogP contribution in [0.25, 0.3) is 0 Å². The van der Waals surface area contributed by atoms with Crippen molar-refractivity contribution in [2.24, 2.45) is 5.10 Å². The Hall–Kier alpha value is -3.81. The van der Waals surface area contributed by atoms with E-state index in [1.54, 1.807) is 49.6 Å². The first kappa shape index (κ1) is 26.3. The number of hydrogen-bond donors (Lipinski definition) is 1. The van der Waals surface area contributed by atoms with Crippen molar-refractivity contribution in [3.05, 3.63) is 123 Å². The lowest BCUT2D eigenvalue weighted by atomic mass is 10.2. The summed E-state index contributed by atoms with van der Waals surface area (Å²) in [6, 6.07) is 27.8. The van der Waals surface area contributed by atoms with Crippen molar-refractivity contribution in [3.8, 4) is 17.2 Å². The van der Waals surface area contributed by atoms with Crippen LogP contribution in [0.1, 0.15) is 27.0 Å². The van der Waals surface area contributed by atoms with Gasteiger partial charge in [-0.1, -0.05) is 63.9 Å². The van der Waals surface area contributed by atoms with Gasteiger partial charge >= 0.3 is 0 Å². The van der Waals surface area contributed by atoms with Gasteiger partial charge in [-0.25, -0.2) is 5.43 Å². The molecular formula is C29H24BrClN2O4. The van der Waals surface area contributed by atoms with E-state index in [1.165, 1.54) is 6.21 Å². The predicted octanol–water partition coefficient (Wildman–Crippen LogP) is 7.03. The number of carbonyl (C=O) groups is 1. The Bertz CT molecular complexity index is 1380. The molecule has 0 unspecified atom stereocenters. The normalized spacial score (nSPS) is 10.8. The molecule has 4 rings (SSSR count). The Balaban J connectivity index is 1.40. The Morgan fingerprint density at radius 3 is 2.32 bits per heavy atom. The lowest BCUT2D eigenvalue weighted by Gasteiger charge is -2.14. The third-order valence-corrected chi connectivity index (χ3v) is 6.07. The molecule has 1 N–H and O–H groups in total. The fraction of sp³-hybridized carbons (Fsp3) is 0.103.